The summed E-state index contributed by atoms with van der Waals surface area (Å²) in [6, 6.07) is 6.27. The Morgan fingerprint density at radius 3 is 3.06 bits per heavy atom. The summed E-state index contributed by atoms with van der Waals surface area (Å²) < 4.78 is 0. The molecule has 0 saturated carbocycles. The number of aromatic nitrogens is 1. The number of hydrogen-bond acceptors (Lipinski definition) is 4. The predicted octanol–water partition coefficient (Wildman–Crippen LogP) is 1.48. The van der Waals surface area contributed by atoms with Crippen LogP contribution in [0.25, 0.3) is 0 Å². The fourth-order valence-electron chi connectivity index (χ4n) is 2.40. The van der Waals surface area contributed by atoms with E-state index in [1.54, 1.807) is 6.20 Å². The highest BCUT2D eigenvalue weighted by molar-refractivity contribution is 5.54. The van der Waals surface area contributed by atoms with E-state index >= 15 is 0 Å². The zero-order valence-corrected chi connectivity index (χ0v) is 10.4. The van der Waals surface area contributed by atoms with Gasteiger partial charge >= 0.3 is 0 Å². The second-order valence-corrected chi connectivity index (χ2v) is 4.64. The Morgan fingerprint density at radius 1 is 1.47 bits per heavy atom. The van der Waals surface area contributed by atoms with E-state index in [1.807, 2.05) is 12.1 Å². The average Bonchev–Trinajstić information content (AvgIpc) is 2.50. The Bertz CT molecular complexity index is 424. The molecule has 1 aliphatic rings. The molecule has 2 rings (SSSR count). The van der Waals surface area contributed by atoms with Crippen LogP contribution < -0.4 is 4.90 Å². The summed E-state index contributed by atoms with van der Waals surface area (Å²) in [5.41, 5.74) is 0.670. The standard InChI is InChI=1S/C13H18N4/c1-11-10-16(2)7-4-8-17(11)13-12(9-14)5-3-6-15-13/h3,5-6,11H,4,7-8,10H2,1-2H3. The van der Waals surface area contributed by atoms with Crippen LogP contribution in [0.15, 0.2) is 18.3 Å². The summed E-state index contributed by atoms with van der Waals surface area (Å²) in [7, 11) is 2.14. The molecule has 4 nitrogen and oxygen atoms in total. The topological polar surface area (TPSA) is 43.2 Å². The zero-order chi connectivity index (χ0) is 12.3. The molecule has 1 aromatic heterocycles. The lowest BCUT2D eigenvalue weighted by molar-refractivity contribution is 0.337. The molecule has 1 unspecified atom stereocenters. The highest BCUT2D eigenvalue weighted by Crippen LogP contribution is 2.21. The molecule has 1 aromatic rings. The van der Waals surface area contributed by atoms with Gasteiger partial charge in [-0.15, -0.1) is 0 Å². The Labute approximate surface area is 102 Å². The summed E-state index contributed by atoms with van der Waals surface area (Å²) >= 11 is 0. The molecule has 0 radical (unpaired) electrons. The monoisotopic (exact) mass is 230 g/mol. The van der Waals surface area contributed by atoms with Crippen molar-refractivity contribution in [2.45, 2.75) is 19.4 Å². The van der Waals surface area contributed by atoms with Gasteiger partial charge in [-0.1, -0.05) is 0 Å². The van der Waals surface area contributed by atoms with Gasteiger partial charge < -0.3 is 9.80 Å². The van der Waals surface area contributed by atoms with Gasteiger partial charge in [0.2, 0.25) is 0 Å². The first-order valence-corrected chi connectivity index (χ1v) is 6.02. The fourth-order valence-corrected chi connectivity index (χ4v) is 2.40. The van der Waals surface area contributed by atoms with Gasteiger partial charge in [0.15, 0.2) is 0 Å². The predicted molar refractivity (Wildman–Crippen MR) is 67.9 cm³/mol. The van der Waals surface area contributed by atoms with E-state index in [1.165, 1.54) is 0 Å². The molecule has 4 heteroatoms. The van der Waals surface area contributed by atoms with Crippen LogP contribution in [0.4, 0.5) is 5.82 Å². The smallest absolute Gasteiger partial charge is 0.146 e. The van der Waals surface area contributed by atoms with Gasteiger partial charge in [0.05, 0.1) is 5.56 Å². The molecule has 0 spiro atoms. The lowest BCUT2D eigenvalue weighted by atomic mass is 10.2. The summed E-state index contributed by atoms with van der Waals surface area (Å²) in [4.78, 5) is 8.96. The van der Waals surface area contributed by atoms with Crippen LogP contribution in [0.3, 0.4) is 0 Å². The molecule has 0 aliphatic carbocycles. The molecule has 1 atom stereocenters. The van der Waals surface area contributed by atoms with Crippen LogP contribution in [0.5, 0.6) is 0 Å². The van der Waals surface area contributed by atoms with Crippen molar-refractivity contribution in [3.63, 3.8) is 0 Å². The molecule has 0 bridgehead atoms. The largest absolute Gasteiger partial charge is 0.351 e. The maximum atomic E-state index is 9.13. The summed E-state index contributed by atoms with van der Waals surface area (Å²) in [6.45, 7) is 5.28. The Balaban J connectivity index is 2.29. The second kappa shape index (κ2) is 5.15. The number of nitriles is 1. The van der Waals surface area contributed by atoms with Crippen molar-refractivity contribution in [2.75, 3.05) is 31.6 Å². The van der Waals surface area contributed by atoms with E-state index in [9.17, 15) is 0 Å². The third-order valence-corrected chi connectivity index (χ3v) is 3.23. The maximum Gasteiger partial charge on any atom is 0.146 e. The van der Waals surface area contributed by atoms with E-state index in [0.717, 1.165) is 31.9 Å². The SMILES string of the molecule is CC1CN(C)CCCN1c1ncccc1C#N. The van der Waals surface area contributed by atoms with Crippen LogP contribution in [0.1, 0.15) is 18.9 Å². The van der Waals surface area contributed by atoms with Gasteiger partial charge in [-0.05, 0) is 39.1 Å². The van der Waals surface area contributed by atoms with Gasteiger partial charge in [0.25, 0.3) is 0 Å². The van der Waals surface area contributed by atoms with Crippen LogP contribution >= 0.6 is 0 Å². The van der Waals surface area contributed by atoms with Crippen molar-refractivity contribution in [3.8, 4) is 6.07 Å². The van der Waals surface area contributed by atoms with Gasteiger partial charge in [-0.25, -0.2) is 4.98 Å². The molecule has 90 valence electrons. The molecule has 17 heavy (non-hydrogen) atoms. The zero-order valence-electron chi connectivity index (χ0n) is 10.4. The van der Waals surface area contributed by atoms with E-state index < -0.39 is 0 Å². The molecular formula is C13H18N4. The van der Waals surface area contributed by atoms with Gasteiger partial charge in [-0.3, -0.25) is 0 Å². The quantitative estimate of drug-likeness (QED) is 0.733. The number of hydrogen-bond donors (Lipinski definition) is 0. The minimum absolute atomic E-state index is 0.393. The lowest BCUT2D eigenvalue weighted by Crippen LogP contribution is -2.38. The number of nitrogens with zero attached hydrogens (tertiary/aromatic N) is 4. The molecule has 0 N–H and O–H groups in total. The Hall–Kier alpha value is -1.60. The minimum atomic E-state index is 0.393. The molecule has 2 heterocycles. The van der Waals surface area contributed by atoms with E-state index in [-0.39, 0.29) is 0 Å². The highest BCUT2D eigenvalue weighted by atomic mass is 15.3. The fraction of sp³-hybridized carbons (Fsp3) is 0.538. The minimum Gasteiger partial charge on any atom is -0.351 e. The molecule has 0 aromatic carbocycles. The Kier molecular flexibility index (Phi) is 3.60. The third-order valence-electron chi connectivity index (χ3n) is 3.23. The van der Waals surface area contributed by atoms with Crippen LogP contribution in [-0.2, 0) is 0 Å². The lowest BCUT2D eigenvalue weighted by Gasteiger charge is -2.29. The first-order valence-electron chi connectivity index (χ1n) is 6.02. The average molecular weight is 230 g/mol. The Morgan fingerprint density at radius 2 is 2.29 bits per heavy atom. The normalized spacial score (nSPS) is 21.9. The maximum absolute atomic E-state index is 9.13. The number of rotatable bonds is 1. The highest BCUT2D eigenvalue weighted by Gasteiger charge is 2.22. The van der Waals surface area contributed by atoms with Gasteiger partial charge in [0, 0.05) is 25.3 Å². The van der Waals surface area contributed by atoms with Crippen molar-refractivity contribution in [2.24, 2.45) is 0 Å². The number of anilines is 1. The first kappa shape index (κ1) is 11.9. The third kappa shape index (κ3) is 2.56. The van der Waals surface area contributed by atoms with Crippen molar-refractivity contribution in [1.29, 1.82) is 5.26 Å². The van der Waals surface area contributed by atoms with Crippen LogP contribution in [0.2, 0.25) is 0 Å². The van der Waals surface area contributed by atoms with Crippen molar-refractivity contribution < 1.29 is 0 Å². The van der Waals surface area contributed by atoms with Gasteiger partial charge in [-0.2, -0.15) is 5.26 Å². The molecular weight excluding hydrogens is 212 g/mol. The second-order valence-electron chi connectivity index (χ2n) is 4.64. The van der Waals surface area contributed by atoms with Crippen molar-refractivity contribution in [3.05, 3.63) is 23.9 Å². The van der Waals surface area contributed by atoms with Gasteiger partial charge in [0.1, 0.15) is 11.9 Å². The molecule has 1 saturated heterocycles. The molecule has 1 fully saturated rings. The van der Waals surface area contributed by atoms with E-state index in [0.29, 0.717) is 11.6 Å². The molecule has 0 amide bonds. The summed E-state index contributed by atoms with van der Waals surface area (Å²) in [5.74, 6) is 0.831. The first-order chi connectivity index (χ1) is 8.22. The summed E-state index contributed by atoms with van der Waals surface area (Å²) in [6.07, 6.45) is 2.87. The van der Waals surface area contributed by atoms with E-state index in [4.69, 9.17) is 5.26 Å². The van der Waals surface area contributed by atoms with E-state index in [2.05, 4.69) is 34.8 Å². The van der Waals surface area contributed by atoms with Crippen LogP contribution in [0, 0.1) is 11.3 Å². The number of pyridine rings is 1. The number of likely N-dealkylation sites (N-methyl/N-ethyl adjacent to an activating group) is 1. The summed E-state index contributed by atoms with van der Waals surface area (Å²) in [5, 5.41) is 9.13. The molecule has 1 aliphatic heterocycles. The van der Waals surface area contributed by atoms with Crippen LogP contribution in [-0.4, -0.2) is 42.6 Å². The van der Waals surface area contributed by atoms with Crippen molar-refractivity contribution >= 4 is 5.82 Å². The van der Waals surface area contributed by atoms with Crippen molar-refractivity contribution in [1.82, 2.24) is 9.88 Å².